The van der Waals surface area contributed by atoms with Crippen molar-refractivity contribution in [2.24, 2.45) is 0 Å². The number of aromatic nitrogens is 2. The van der Waals surface area contributed by atoms with Crippen molar-refractivity contribution in [3.05, 3.63) is 46.9 Å². The van der Waals surface area contributed by atoms with E-state index in [-0.39, 0.29) is 44.8 Å². The molecule has 2 N–H and O–H groups in total. The second-order valence-corrected chi connectivity index (χ2v) is 8.43. The molecule has 2 aromatic carbocycles. The van der Waals surface area contributed by atoms with Crippen LogP contribution in [0.15, 0.2) is 30.5 Å². The molecule has 11 heteroatoms. The summed E-state index contributed by atoms with van der Waals surface area (Å²) in [5.74, 6) is -0.611. The summed E-state index contributed by atoms with van der Waals surface area (Å²) < 4.78 is 46.0. The van der Waals surface area contributed by atoms with Gasteiger partial charge in [0.1, 0.15) is 23.0 Å². The molecule has 8 nitrogen and oxygen atoms in total. The van der Waals surface area contributed by atoms with E-state index in [1.54, 1.807) is 13.0 Å². The minimum Gasteiger partial charge on any atom is -0.480 e. The molecule has 0 aliphatic heterocycles. The molecule has 0 unspecified atom stereocenters. The Morgan fingerprint density at radius 2 is 2.00 bits per heavy atom. The first kappa shape index (κ1) is 21.5. The van der Waals surface area contributed by atoms with E-state index < -0.39 is 15.8 Å². The van der Waals surface area contributed by atoms with Crippen molar-refractivity contribution < 1.29 is 17.5 Å². The molecule has 0 spiro atoms. The van der Waals surface area contributed by atoms with E-state index in [1.165, 1.54) is 25.4 Å². The highest BCUT2D eigenvalue weighted by Crippen LogP contribution is 2.37. The van der Waals surface area contributed by atoms with Crippen molar-refractivity contribution in [3.8, 4) is 11.9 Å². The van der Waals surface area contributed by atoms with E-state index in [2.05, 4.69) is 20.0 Å². The van der Waals surface area contributed by atoms with Crippen LogP contribution < -0.4 is 14.8 Å². The second kappa shape index (κ2) is 8.69. The van der Waals surface area contributed by atoms with Crippen molar-refractivity contribution in [1.82, 2.24) is 9.97 Å². The van der Waals surface area contributed by atoms with Gasteiger partial charge in [-0.1, -0.05) is 18.5 Å². The predicted molar refractivity (Wildman–Crippen MR) is 113 cm³/mol. The Kier molecular flexibility index (Phi) is 6.24. The van der Waals surface area contributed by atoms with Crippen LogP contribution in [0, 0.1) is 17.1 Å². The molecular weight excluding hydrogens is 433 g/mol. The Morgan fingerprint density at radius 1 is 1.27 bits per heavy atom. The largest absolute Gasteiger partial charge is 0.480 e. The third kappa shape index (κ3) is 4.37. The van der Waals surface area contributed by atoms with Crippen LogP contribution in [0.5, 0.6) is 5.88 Å². The summed E-state index contributed by atoms with van der Waals surface area (Å²) in [5, 5.41) is 12.3. The van der Waals surface area contributed by atoms with Gasteiger partial charge >= 0.3 is 0 Å². The summed E-state index contributed by atoms with van der Waals surface area (Å²) in [5.41, 5.74) is 0.881. The lowest BCUT2D eigenvalue weighted by molar-refractivity contribution is 0.397. The number of benzene rings is 2. The van der Waals surface area contributed by atoms with E-state index >= 15 is 0 Å². The molecule has 0 fully saturated rings. The summed E-state index contributed by atoms with van der Waals surface area (Å²) in [6, 6.07) is 7.47. The number of nitrogens with zero attached hydrogens (tertiary/aromatic N) is 3. The van der Waals surface area contributed by atoms with Gasteiger partial charge in [-0.25, -0.2) is 22.8 Å². The van der Waals surface area contributed by atoms with E-state index in [9.17, 15) is 18.1 Å². The first-order valence-corrected chi connectivity index (χ1v) is 10.8. The van der Waals surface area contributed by atoms with Crippen LogP contribution >= 0.6 is 11.6 Å². The number of fused-ring (bicyclic) bond motifs is 1. The minimum absolute atomic E-state index is 0.0229. The molecule has 0 radical (unpaired) electrons. The first-order chi connectivity index (χ1) is 14.3. The van der Waals surface area contributed by atoms with Crippen molar-refractivity contribution in [1.29, 1.82) is 5.26 Å². The maximum atomic E-state index is 14.5. The lowest BCUT2D eigenvalue weighted by atomic mass is 10.1. The van der Waals surface area contributed by atoms with Crippen LogP contribution in [-0.4, -0.2) is 31.2 Å². The normalized spacial score (nSPS) is 11.2. The van der Waals surface area contributed by atoms with Crippen LogP contribution in [-0.2, 0) is 10.0 Å². The molecule has 3 aromatic rings. The summed E-state index contributed by atoms with van der Waals surface area (Å²) in [4.78, 5) is 8.41. The summed E-state index contributed by atoms with van der Waals surface area (Å²) in [6.07, 6.45) is 1.82. The molecule has 30 heavy (non-hydrogen) atoms. The lowest BCUT2D eigenvalue weighted by Gasteiger charge is -2.15. The standard InChI is InChI=1S/C19H17ClFN5O3S/c1-3-8-30(27,28)26-14-5-4-12(21)19(17(14)20)24-13-6-7-15-18(11(13)9-22)25-16(29-2)10-23-15/h4-7,10,24,26H,3,8H2,1-2H3. The smallest absolute Gasteiger partial charge is 0.232 e. The zero-order valence-corrected chi connectivity index (χ0v) is 17.6. The minimum atomic E-state index is -3.63. The third-order valence-electron chi connectivity index (χ3n) is 4.10. The maximum Gasteiger partial charge on any atom is 0.232 e. The highest BCUT2D eigenvalue weighted by atomic mass is 35.5. The van der Waals surface area contributed by atoms with Gasteiger partial charge in [-0.2, -0.15) is 5.26 Å². The van der Waals surface area contributed by atoms with Crippen molar-refractivity contribution >= 4 is 49.7 Å². The summed E-state index contributed by atoms with van der Waals surface area (Å²) >= 11 is 6.27. The number of anilines is 3. The third-order valence-corrected chi connectivity index (χ3v) is 5.97. The van der Waals surface area contributed by atoms with Crippen LogP contribution in [0.2, 0.25) is 5.02 Å². The van der Waals surface area contributed by atoms with Gasteiger partial charge in [0, 0.05) is 0 Å². The fourth-order valence-corrected chi connectivity index (χ4v) is 4.19. The Bertz CT molecular complexity index is 1260. The summed E-state index contributed by atoms with van der Waals surface area (Å²) in [7, 11) is -2.21. The number of hydrogen-bond acceptors (Lipinski definition) is 7. The van der Waals surface area contributed by atoms with E-state index in [1.807, 2.05) is 6.07 Å². The van der Waals surface area contributed by atoms with Crippen molar-refractivity contribution in [3.63, 3.8) is 0 Å². The van der Waals surface area contributed by atoms with Gasteiger partial charge in [0.2, 0.25) is 15.9 Å². The molecule has 1 aromatic heterocycles. The van der Waals surface area contributed by atoms with Gasteiger partial charge in [-0.15, -0.1) is 0 Å². The van der Waals surface area contributed by atoms with E-state index in [0.717, 1.165) is 6.07 Å². The van der Waals surface area contributed by atoms with Gasteiger partial charge in [0.25, 0.3) is 0 Å². The quantitative estimate of drug-likeness (QED) is 0.555. The van der Waals surface area contributed by atoms with E-state index in [0.29, 0.717) is 11.9 Å². The Hall–Kier alpha value is -3.16. The number of halogens is 2. The molecule has 3 rings (SSSR count). The molecule has 1 heterocycles. The van der Waals surface area contributed by atoms with E-state index in [4.69, 9.17) is 16.3 Å². The number of nitrogens with one attached hydrogen (secondary N) is 2. The van der Waals surface area contributed by atoms with Crippen molar-refractivity contribution in [2.75, 3.05) is 22.9 Å². The SMILES string of the molecule is CCCS(=O)(=O)Nc1ccc(F)c(Nc2ccc3ncc(OC)nc3c2C#N)c1Cl. The fourth-order valence-electron chi connectivity index (χ4n) is 2.74. The zero-order chi connectivity index (χ0) is 21.9. The number of methoxy groups -OCH3 is 1. The first-order valence-electron chi connectivity index (χ1n) is 8.79. The molecule has 0 saturated carbocycles. The van der Waals surface area contributed by atoms with Gasteiger partial charge in [0.15, 0.2) is 0 Å². The molecule has 0 amide bonds. The summed E-state index contributed by atoms with van der Waals surface area (Å²) in [6.45, 7) is 1.72. The number of rotatable bonds is 7. The van der Waals surface area contributed by atoms with Gasteiger partial charge in [-0.3, -0.25) is 4.72 Å². The molecule has 156 valence electrons. The topological polar surface area (TPSA) is 117 Å². The Balaban J connectivity index is 2.07. The highest BCUT2D eigenvalue weighted by Gasteiger charge is 2.19. The molecule has 0 saturated heterocycles. The number of sulfonamides is 1. The Morgan fingerprint density at radius 3 is 2.67 bits per heavy atom. The predicted octanol–water partition coefficient (Wildman–Crippen LogP) is 4.20. The highest BCUT2D eigenvalue weighted by molar-refractivity contribution is 7.92. The van der Waals surface area contributed by atoms with Crippen LogP contribution in [0.25, 0.3) is 11.0 Å². The molecule has 0 aliphatic carbocycles. The van der Waals surface area contributed by atoms with Gasteiger partial charge in [-0.05, 0) is 30.7 Å². The van der Waals surface area contributed by atoms with Gasteiger partial charge in [0.05, 0.1) is 46.7 Å². The molecule has 0 aliphatic rings. The lowest BCUT2D eigenvalue weighted by Crippen LogP contribution is -2.16. The van der Waals surface area contributed by atoms with Crippen LogP contribution in [0.1, 0.15) is 18.9 Å². The average molecular weight is 450 g/mol. The Labute approximate surface area is 177 Å². The molecule has 0 atom stereocenters. The maximum absolute atomic E-state index is 14.5. The number of ether oxygens (including phenoxy) is 1. The van der Waals surface area contributed by atoms with Crippen molar-refractivity contribution in [2.45, 2.75) is 13.3 Å². The fraction of sp³-hybridized carbons (Fsp3) is 0.211. The second-order valence-electron chi connectivity index (χ2n) is 6.21. The van der Waals surface area contributed by atoms with Crippen LogP contribution in [0.4, 0.5) is 21.5 Å². The molecule has 0 bridgehead atoms. The molecular formula is C19H17ClFN5O3S. The zero-order valence-electron chi connectivity index (χ0n) is 16.0. The average Bonchev–Trinajstić information content (AvgIpc) is 2.72. The number of hydrogen-bond donors (Lipinski definition) is 2. The number of nitriles is 1. The monoisotopic (exact) mass is 449 g/mol. The van der Waals surface area contributed by atoms with Gasteiger partial charge < -0.3 is 10.1 Å². The van der Waals surface area contributed by atoms with Crippen LogP contribution in [0.3, 0.4) is 0 Å².